The van der Waals surface area contributed by atoms with Crippen molar-refractivity contribution < 1.29 is 4.79 Å². The Morgan fingerprint density at radius 2 is 1.77 bits per heavy atom. The summed E-state index contributed by atoms with van der Waals surface area (Å²) in [5, 5.41) is 4.94. The Labute approximate surface area is 73.7 Å². The van der Waals surface area contributed by atoms with Gasteiger partial charge in [0, 0.05) is 5.18 Å². The van der Waals surface area contributed by atoms with Gasteiger partial charge in [-0.2, -0.15) is 0 Å². The number of rotatable bonds is 3. The summed E-state index contributed by atoms with van der Waals surface area (Å²) in [5.41, 5.74) is 0.923. The standard InChI is InChI=1S/C8H6N2O3/c11-8(10-13)5-6-1-3-7(9-12)4-2-6/h1-4H,5H2. The zero-order chi connectivity index (χ0) is 9.68. The van der Waals surface area contributed by atoms with Crippen LogP contribution in [0.3, 0.4) is 0 Å². The molecule has 0 heterocycles. The van der Waals surface area contributed by atoms with Crippen molar-refractivity contribution in [1.82, 2.24) is 0 Å². The Morgan fingerprint density at radius 3 is 2.23 bits per heavy atom. The van der Waals surface area contributed by atoms with Crippen molar-refractivity contribution in [2.75, 3.05) is 0 Å². The molecule has 0 bridgehead atoms. The van der Waals surface area contributed by atoms with E-state index in [2.05, 4.69) is 10.4 Å². The lowest BCUT2D eigenvalue weighted by atomic mass is 10.1. The van der Waals surface area contributed by atoms with E-state index in [9.17, 15) is 14.6 Å². The summed E-state index contributed by atoms with van der Waals surface area (Å²) in [7, 11) is 0. The Hall–Kier alpha value is -1.91. The first kappa shape index (κ1) is 9.18. The van der Waals surface area contributed by atoms with Gasteiger partial charge in [-0.25, -0.2) is 0 Å². The van der Waals surface area contributed by atoms with Crippen molar-refractivity contribution in [3.63, 3.8) is 0 Å². The summed E-state index contributed by atoms with van der Waals surface area (Å²) < 4.78 is 0. The number of carbonyl (C=O) groups is 1. The van der Waals surface area contributed by atoms with Crippen LogP contribution in [0.1, 0.15) is 5.56 Å². The molecule has 5 heteroatoms. The molecule has 5 nitrogen and oxygen atoms in total. The quantitative estimate of drug-likeness (QED) is 0.663. The van der Waals surface area contributed by atoms with E-state index in [-0.39, 0.29) is 12.1 Å². The van der Waals surface area contributed by atoms with Gasteiger partial charge in [0.15, 0.2) is 0 Å². The van der Waals surface area contributed by atoms with Gasteiger partial charge in [0.05, 0.1) is 6.42 Å². The summed E-state index contributed by atoms with van der Waals surface area (Å²) in [6, 6.07) is 6.06. The Kier molecular flexibility index (Phi) is 2.97. The predicted molar refractivity (Wildman–Crippen MR) is 46.4 cm³/mol. The van der Waals surface area contributed by atoms with Crippen LogP contribution >= 0.6 is 0 Å². The third kappa shape index (κ3) is 2.55. The van der Waals surface area contributed by atoms with Crippen molar-refractivity contribution in [3.8, 4) is 0 Å². The Balaban J connectivity index is 2.74. The molecule has 0 aromatic heterocycles. The minimum absolute atomic E-state index is 0.0391. The van der Waals surface area contributed by atoms with Gasteiger partial charge < -0.3 is 0 Å². The van der Waals surface area contributed by atoms with E-state index in [1.54, 1.807) is 12.1 Å². The summed E-state index contributed by atoms with van der Waals surface area (Å²) in [5.74, 6) is -0.730. The average Bonchev–Trinajstić information content (AvgIpc) is 2.19. The molecule has 1 aromatic carbocycles. The fourth-order valence-corrected chi connectivity index (χ4v) is 0.882. The lowest BCUT2D eigenvalue weighted by Gasteiger charge is -1.94. The van der Waals surface area contributed by atoms with Crippen LogP contribution in [0, 0.1) is 9.81 Å². The molecule has 0 unspecified atom stereocenters. The summed E-state index contributed by atoms with van der Waals surface area (Å²) >= 11 is 0. The highest BCUT2D eigenvalue weighted by atomic mass is 16.3. The van der Waals surface area contributed by atoms with Crippen LogP contribution in [-0.4, -0.2) is 5.91 Å². The Morgan fingerprint density at radius 1 is 1.15 bits per heavy atom. The number of nitroso groups, excluding NO2 is 2. The molecule has 0 aliphatic heterocycles. The molecule has 0 spiro atoms. The second-order valence-corrected chi connectivity index (χ2v) is 2.42. The van der Waals surface area contributed by atoms with Gasteiger partial charge >= 0.3 is 0 Å². The molecule has 1 aromatic rings. The largest absolute Gasteiger partial charge is 0.290 e. The first-order valence-electron chi connectivity index (χ1n) is 3.54. The molecule has 0 fully saturated rings. The number of benzene rings is 1. The molecule has 0 N–H and O–H groups in total. The van der Waals surface area contributed by atoms with Crippen molar-refractivity contribution in [2.45, 2.75) is 6.42 Å². The van der Waals surface area contributed by atoms with Crippen LogP contribution in [0.25, 0.3) is 0 Å². The third-order valence-corrected chi connectivity index (χ3v) is 1.50. The van der Waals surface area contributed by atoms with Crippen LogP contribution in [0.2, 0.25) is 0 Å². The topological polar surface area (TPSA) is 75.9 Å². The lowest BCUT2D eigenvalue weighted by Crippen LogP contribution is -1.96. The molecular weight excluding hydrogens is 172 g/mol. The fraction of sp³-hybridized carbons (Fsp3) is 0.125. The normalized spacial score (nSPS) is 9.23. The SMILES string of the molecule is O=NC(=O)Cc1ccc(N=O)cc1. The van der Waals surface area contributed by atoms with Crippen LogP contribution in [-0.2, 0) is 11.2 Å². The minimum atomic E-state index is -0.730. The van der Waals surface area contributed by atoms with E-state index in [4.69, 9.17) is 0 Å². The lowest BCUT2D eigenvalue weighted by molar-refractivity contribution is -0.117. The zero-order valence-corrected chi connectivity index (χ0v) is 6.64. The van der Waals surface area contributed by atoms with Crippen molar-refractivity contribution >= 4 is 11.6 Å². The number of hydrogen-bond acceptors (Lipinski definition) is 4. The maximum atomic E-state index is 10.6. The minimum Gasteiger partial charge on any atom is -0.269 e. The maximum absolute atomic E-state index is 10.6. The summed E-state index contributed by atoms with van der Waals surface area (Å²) in [6.45, 7) is 0. The molecule has 0 saturated heterocycles. The zero-order valence-electron chi connectivity index (χ0n) is 6.64. The number of amides is 1. The molecule has 13 heavy (non-hydrogen) atoms. The molecular formula is C8H6N2O3. The van der Waals surface area contributed by atoms with E-state index < -0.39 is 5.91 Å². The number of carbonyl (C=O) groups excluding carboxylic acids is 1. The van der Waals surface area contributed by atoms with Gasteiger partial charge in [0.2, 0.25) is 0 Å². The van der Waals surface area contributed by atoms with Gasteiger partial charge in [-0.15, -0.1) is 9.81 Å². The number of hydrogen-bond donors (Lipinski definition) is 0. The second-order valence-electron chi connectivity index (χ2n) is 2.42. The smallest absolute Gasteiger partial charge is 0.269 e. The molecule has 0 aliphatic carbocycles. The highest BCUT2D eigenvalue weighted by Crippen LogP contribution is 2.12. The third-order valence-electron chi connectivity index (χ3n) is 1.50. The van der Waals surface area contributed by atoms with Crippen LogP contribution in [0.4, 0.5) is 5.69 Å². The molecule has 0 atom stereocenters. The van der Waals surface area contributed by atoms with Crippen LogP contribution in [0.15, 0.2) is 34.6 Å². The van der Waals surface area contributed by atoms with E-state index in [0.717, 1.165) is 0 Å². The van der Waals surface area contributed by atoms with E-state index in [0.29, 0.717) is 5.56 Å². The fourth-order valence-electron chi connectivity index (χ4n) is 0.882. The average molecular weight is 178 g/mol. The van der Waals surface area contributed by atoms with Crippen molar-refractivity contribution in [1.29, 1.82) is 0 Å². The molecule has 0 aliphatic rings. The first-order chi connectivity index (χ1) is 6.26. The highest BCUT2D eigenvalue weighted by molar-refractivity contribution is 5.79. The van der Waals surface area contributed by atoms with Crippen molar-refractivity contribution in [3.05, 3.63) is 39.6 Å². The molecule has 0 saturated carbocycles. The molecule has 1 rings (SSSR count). The molecule has 0 radical (unpaired) electrons. The van der Waals surface area contributed by atoms with E-state index in [1.807, 2.05) is 0 Å². The van der Waals surface area contributed by atoms with Crippen molar-refractivity contribution in [2.24, 2.45) is 10.4 Å². The second kappa shape index (κ2) is 4.20. The predicted octanol–water partition coefficient (Wildman–Crippen LogP) is 1.92. The maximum Gasteiger partial charge on any atom is 0.290 e. The molecule has 66 valence electrons. The van der Waals surface area contributed by atoms with E-state index >= 15 is 0 Å². The summed E-state index contributed by atoms with van der Waals surface area (Å²) in [4.78, 5) is 30.3. The number of nitrogens with zero attached hydrogens (tertiary/aromatic N) is 2. The molecule has 1 amide bonds. The highest BCUT2D eigenvalue weighted by Gasteiger charge is 2.02. The van der Waals surface area contributed by atoms with Gasteiger partial charge in [0.1, 0.15) is 5.69 Å². The van der Waals surface area contributed by atoms with Gasteiger partial charge in [-0.05, 0) is 22.9 Å². The summed E-state index contributed by atoms with van der Waals surface area (Å²) in [6.07, 6.45) is -0.0391. The van der Waals surface area contributed by atoms with E-state index in [1.165, 1.54) is 12.1 Å². The van der Waals surface area contributed by atoms with Gasteiger partial charge in [-0.1, -0.05) is 12.1 Å². The van der Waals surface area contributed by atoms with Crippen LogP contribution in [0.5, 0.6) is 0 Å². The van der Waals surface area contributed by atoms with Gasteiger partial charge in [-0.3, -0.25) is 4.79 Å². The first-order valence-corrected chi connectivity index (χ1v) is 3.54. The Bertz CT molecular complexity index is 332. The van der Waals surface area contributed by atoms with Gasteiger partial charge in [0.25, 0.3) is 5.91 Å². The van der Waals surface area contributed by atoms with Crippen LogP contribution < -0.4 is 0 Å². The monoisotopic (exact) mass is 178 g/mol.